The molecule has 0 aromatic rings. The zero-order valence-corrected chi connectivity index (χ0v) is 10.5. The van der Waals surface area contributed by atoms with Crippen molar-refractivity contribution in [3.05, 3.63) is 0 Å². The minimum Gasteiger partial charge on any atom is -0.361 e. The van der Waals surface area contributed by atoms with Crippen molar-refractivity contribution in [3.8, 4) is 0 Å². The van der Waals surface area contributed by atoms with Crippen molar-refractivity contribution < 1.29 is 0 Å². The quantitative estimate of drug-likeness (QED) is 0.793. The maximum atomic E-state index is 4.57. The summed E-state index contributed by atoms with van der Waals surface area (Å²) in [5, 5.41) is 5.49. The molecule has 0 spiro atoms. The molecule has 2 heterocycles. The lowest BCUT2D eigenvalue weighted by Crippen LogP contribution is -2.34. The molecule has 0 saturated carbocycles. The number of nitrogens with one attached hydrogen (secondary N) is 1. The fourth-order valence-electron chi connectivity index (χ4n) is 2.20. The number of rotatable bonds is 3. The van der Waals surface area contributed by atoms with Gasteiger partial charge in [-0.05, 0) is 26.4 Å². The van der Waals surface area contributed by atoms with Gasteiger partial charge in [-0.15, -0.1) is 0 Å². The highest BCUT2D eigenvalue weighted by molar-refractivity contribution is 8.14. The van der Waals surface area contributed by atoms with Crippen molar-refractivity contribution in [2.24, 2.45) is 4.99 Å². The fraction of sp³-hybridized carbons (Fsp3) is 0.909. The van der Waals surface area contributed by atoms with Gasteiger partial charge in [-0.3, -0.25) is 4.99 Å². The van der Waals surface area contributed by atoms with Crippen LogP contribution >= 0.6 is 11.8 Å². The van der Waals surface area contributed by atoms with Gasteiger partial charge in [0, 0.05) is 17.8 Å². The number of thioether (sulfide) groups is 1. The Morgan fingerprint density at radius 3 is 3.13 bits per heavy atom. The summed E-state index contributed by atoms with van der Waals surface area (Å²) in [5.74, 6) is 0. The SMILES string of the molecule is CCCC1CN=C(NC2CCN(C)C2)S1. The van der Waals surface area contributed by atoms with Gasteiger partial charge in [-0.1, -0.05) is 25.1 Å². The molecule has 2 aliphatic heterocycles. The van der Waals surface area contributed by atoms with Crippen molar-refractivity contribution >= 4 is 16.9 Å². The van der Waals surface area contributed by atoms with E-state index in [0.29, 0.717) is 6.04 Å². The zero-order valence-electron chi connectivity index (χ0n) is 9.70. The molecule has 2 rings (SSSR count). The Morgan fingerprint density at radius 1 is 1.60 bits per heavy atom. The number of hydrogen-bond donors (Lipinski definition) is 1. The van der Waals surface area contributed by atoms with Crippen LogP contribution in [0.1, 0.15) is 26.2 Å². The lowest BCUT2D eigenvalue weighted by Gasteiger charge is -2.14. The van der Waals surface area contributed by atoms with Gasteiger partial charge in [-0.25, -0.2) is 0 Å². The number of aliphatic imine (C=N–C) groups is 1. The van der Waals surface area contributed by atoms with E-state index in [4.69, 9.17) is 0 Å². The van der Waals surface area contributed by atoms with Crippen molar-refractivity contribution in [1.29, 1.82) is 0 Å². The van der Waals surface area contributed by atoms with Crippen molar-refractivity contribution in [2.75, 3.05) is 26.7 Å². The van der Waals surface area contributed by atoms with Gasteiger partial charge in [0.15, 0.2) is 5.17 Å². The molecule has 4 heteroatoms. The molecule has 0 bridgehead atoms. The first kappa shape index (κ1) is 11.3. The van der Waals surface area contributed by atoms with Crippen molar-refractivity contribution in [3.63, 3.8) is 0 Å². The van der Waals surface area contributed by atoms with Gasteiger partial charge < -0.3 is 10.2 Å². The van der Waals surface area contributed by atoms with Gasteiger partial charge in [0.2, 0.25) is 0 Å². The van der Waals surface area contributed by atoms with Crippen LogP contribution in [0.15, 0.2) is 4.99 Å². The molecule has 1 fully saturated rings. The van der Waals surface area contributed by atoms with Gasteiger partial charge in [-0.2, -0.15) is 0 Å². The zero-order chi connectivity index (χ0) is 10.7. The van der Waals surface area contributed by atoms with Crippen LogP contribution in [0.2, 0.25) is 0 Å². The van der Waals surface area contributed by atoms with Crippen molar-refractivity contribution in [1.82, 2.24) is 10.2 Å². The maximum Gasteiger partial charge on any atom is 0.157 e. The van der Waals surface area contributed by atoms with Gasteiger partial charge in [0.1, 0.15) is 0 Å². The molecule has 0 radical (unpaired) electrons. The van der Waals surface area contributed by atoms with E-state index in [1.54, 1.807) is 0 Å². The van der Waals surface area contributed by atoms with E-state index in [1.807, 2.05) is 11.8 Å². The lowest BCUT2D eigenvalue weighted by molar-refractivity contribution is 0.407. The van der Waals surface area contributed by atoms with Crippen molar-refractivity contribution in [2.45, 2.75) is 37.5 Å². The summed E-state index contributed by atoms with van der Waals surface area (Å²) < 4.78 is 0. The smallest absolute Gasteiger partial charge is 0.157 e. The van der Waals surface area contributed by atoms with Crippen LogP contribution in [0.5, 0.6) is 0 Å². The number of hydrogen-bond acceptors (Lipinski definition) is 4. The molecular weight excluding hydrogens is 206 g/mol. The van der Waals surface area contributed by atoms with Gasteiger partial charge in [0.25, 0.3) is 0 Å². The molecule has 2 atom stereocenters. The largest absolute Gasteiger partial charge is 0.361 e. The Bertz CT molecular complexity index is 242. The highest BCUT2D eigenvalue weighted by Gasteiger charge is 2.24. The number of likely N-dealkylation sites (tertiary alicyclic amines) is 1. The van der Waals surface area contributed by atoms with E-state index in [9.17, 15) is 0 Å². The summed E-state index contributed by atoms with van der Waals surface area (Å²) in [6, 6.07) is 0.627. The second-order valence-corrected chi connectivity index (χ2v) is 5.86. The van der Waals surface area contributed by atoms with Crippen LogP contribution in [-0.2, 0) is 0 Å². The number of amidine groups is 1. The normalized spacial score (nSPS) is 32.0. The molecule has 0 aliphatic carbocycles. The second kappa shape index (κ2) is 5.21. The van der Waals surface area contributed by atoms with E-state index in [2.05, 4.69) is 29.2 Å². The fourth-order valence-corrected chi connectivity index (χ4v) is 3.40. The Morgan fingerprint density at radius 2 is 2.47 bits per heavy atom. The molecule has 3 nitrogen and oxygen atoms in total. The third-order valence-electron chi connectivity index (χ3n) is 3.05. The van der Waals surface area contributed by atoms with E-state index in [1.165, 1.54) is 31.0 Å². The highest BCUT2D eigenvalue weighted by atomic mass is 32.2. The summed E-state index contributed by atoms with van der Waals surface area (Å²) in [6.45, 7) is 5.65. The molecular formula is C11H21N3S. The van der Waals surface area contributed by atoms with Crippen LogP contribution in [0.3, 0.4) is 0 Å². The van der Waals surface area contributed by atoms with E-state index in [-0.39, 0.29) is 0 Å². The third-order valence-corrected chi connectivity index (χ3v) is 4.23. The van der Waals surface area contributed by atoms with Crippen LogP contribution in [0.4, 0.5) is 0 Å². The molecule has 86 valence electrons. The molecule has 2 aliphatic rings. The third kappa shape index (κ3) is 3.11. The molecule has 0 amide bonds. The van der Waals surface area contributed by atoms with Gasteiger partial charge in [0.05, 0.1) is 6.54 Å². The molecule has 1 N–H and O–H groups in total. The highest BCUT2D eigenvalue weighted by Crippen LogP contribution is 2.24. The Hall–Kier alpha value is -0.220. The Labute approximate surface area is 96.7 Å². The van der Waals surface area contributed by atoms with E-state index in [0.717, 1.165) is 18.3 Å². The summed E-state index contributed by atoms with van der Waals surface area (Å²) in [5.41, 5.74) is 0. The average molecular weight is 227 g/mol. The number of nitrogens with zero attached hydrogens (tertiary/aromatic N) is 2. The van der Waals surface area contributed by atoms with Crippen LogP contribution in [-0.4, -0.2) is 48.0 Å². The maximum absolute atomic E-state index is 4.57. The van der Waals surface area contributed by atoms with Crippen LogP contribution in [0, 0.1) is 0 Å². The molecule has 2 unspecified atom stereocenters. The average Bonchev–Trinajstić information content (AvgIpc) is 2.78. The predicted molar refractivity (Wildman–Crippen MR) is 67.6 cm³/mol. The monoisotopic (exact) mass is 227 g/mol. The first-order valence-electron chi connectivity index (χ1n) is 5.94. The second-order valence-electron chi connectivity index (χ2n) is 4.57. The molecule has 15 heavy (non-hydrogen) atoms. The van der Waals surface area contributed by atoms with Crippen LogP contribution in [0.25, 0.3) is 0 Å². The van der Waals surface area contributed by atoms with E-state index >= 15 is 0 Å². The van der Waals surface area contributed by atoms with E-state index < -0.39 is 0 Å². The summed E-state index contributed by atoms with van der Waals surface area (Å²) >= 11 is 1.94. The Balaban J connectivity index is 1.72. The predicted octanol–water partition coefficient (Wildman–Crippen LogP) is 1.55. The summed E-state index contributed by atoms with van der Waals surface area (Å²) in [4.78, 5) is 6.95. The summed E-state index contributed by atoms with van der Waals surface area (Å²) in [7, 11) is 2.19. The molecule has 1 saturated heterocycles. The standard InChI is InChI=1S/C11H21N3S/c1-3-4-10-7-12-11(15-10)13-9-5-6-14(2)8-9/h9-10H,3-8H2,1-2H3,(H,12,13). The topological polar surface area (TPSA) is 27.6 Å². The summed E-state index contributed by atoms with van der Waals surface area (Å²) in [6.07, 6.45) is 3.82. The first-order chi connectivity index (χ1) is 7.28. The minimum absolute atomic E-state index is 0.627. The lowest BCUT2D eigenvalue weighted by atomic mass is 10.2. The minimum atomic E-state index is 0.627. The van der Waals surface area contributed by atoms with Crippen LogP contribution < -0.4 is 5.32 Å². The first-order valence-corrected chi connectivity index (χ1v) is 6.82. The molecule has 0 aromatic heterocycles. The van der Waals surface area contributed by atoms with Gasteiger partial charge >= 0.3 is 0 Å². The Kier molecular flexibility index (Phi) is 3.92. The number of likely N-dealkylation sites (N-methyl/N-ethyl adjacent to an activating group) is 1. The molecule has 0 aromatic carbocycles.